The highest BCUT2D eigenvalue weighted by molar-refractivity contribution is 9.10. The van der Waals surface area contributed by atoms with Crippen molar-refractivity contribution in [2.75, 3.05) is 7.11 Å². The lowest BCUT2D eigenvalue weighted by atomic mass is 9.89. The smallest absolute Gasteiger partial charge is 0.308 e. The molecule has 3 heteroatoms. The lowest BCUT2D eigenvalue weighted by Crippen LogP contribution is -2.18. The van der Waals surface area contributed by atoms with E-state index in [0.29, 0.717) is 0 Å². The molecule has 0 aliphatic carbocycles. The molecule has 0 N–H and O–H groups in total. The highest BCUT2D eigenvalue weighted by Gasteiger charge is 2.21. The van der Waals surface area contributed by atoms with Gasteiger partial charge in [-0.25, -0.2) is 0 Å². The average molecular weight is 271 g/mol. The zero-order valence-corrected chi connectivity index (χ0v) is 10.7. The molecule has 1 aromatic rings. The van der Waals surface area contributed by atoms with Crippen molar-refractivity contribution in [1.29, 1.82) is 0 Å². The number of rotatable bonds is 3. The van der Waals surface area contributed by atoms with Gasteiger partial charge in [-0.2, -0.15) is 0 Å². The Labute approximate surface area is 98.8 Å². The Hall–Kier alpha value is -0.830. The van der Waals surface area contributed by atoms with Gasteiger partial charge in [0.25, 0.3) is 0 Å². The molecule has 0 spiro atoms. The van der Waals surface area contributed by atoms with Gasteiger partial charge >= 0.3 is 5.97 Å². The number of ether oxygens (including phenoxy) is 1. The maximum atomic E-state index is 11.4. The third kappa shape index (κ3) is 3.06. The van der Waals surface area contributed by atoms with Crippen LogP contribution in [-0.2, 0) is 9.53 Å². The van der Waals surface area contributed by atoms with Crippen LogP contribution in [-0.4, -0.2) is 13.1 Å². The van der Waals surface area contributed by atoms with Crippen LogP contribution in [0.2, 0.25) is 0 Å². The Balaban J connectivity index is 2.80. The second kappa shape index (κ2) is 5.31. The number of methoxy groups -OCH3 is 1. The summed E-state index contributed by atoms with van der Waals surface area (Å²) in [5.41, 5.74) is 1.15. The predicted octanol–water partition coefficient (Wildman–Crippen LogP) is 3.36. The molecule has 1 aromatic carbocycles. The fourth-order valence-electron chi connectivity index (χ4n) is 1.45. The lowest BCUT2D eigenvalue weighted by Gasteiger charge is -2.17. The van der Waals surface area contributed by atoms with Crippen LogP contribution in [0.3, 0.4) is 0 Å². The summed E-state index contributed by atoms with van der Waals surface area (Å²) in [7, 11) is 1.42. The lowest BCUT2D eigenvalue weighted by molar-refractivity contribution is -0.145. The number of esters is 1. The Morgan fingerprint density at radius 2 is 1.80 bits per heavy atom. The summed E-state index contributed by atoms with van der Waals surface area (Å²) in [5.74, 6) is -0.104. The molecule has 0 amide bonds. The van der Waals surface area contributed by atoms with Crippen LogP contribution in [0, 0.1) is 5.92 Å². The number of hydrogen-bond acceptors (Lipinski definition) is 2. The molecule has 0 aromatic heterocycles. The quantitative estimate of drug-likeness (QED) is 0.788. The van der Waals surface area contributed by atoms with Crippen molar-refractivity contribution < 1.29 is 9.53 Å². The van der Waals surface area contributed by atoms with Crippen molar-refractivity contribution in [3.8, 4) is 0 Å². The van der Waals surface area contributed by atoms with E-state index >= 15 is 0 Å². The molecule has 0 radical (unpaired) electrons. The van der Waals surface area contributed by atoms with Crippen LogP contribution in [0.15, 0.2) is 28.7 Å². The Kier molecular flexibility index (Phi) is 4.33. The van der Waals surface area contributed by atoms with Gasteiger partial charge in [-0.15, -0.1) is 0 Å². The minimum atomic E-state index is -0.162. The molecule has 0 saturated heterocycles. The largest absolute Gasteiger partial charge is 0.469 e. The molecule has 0 heterocycles. The van der Waals surface area contributed by atoms with Gasteiger partial charge < -0.3 is 4.74 Å². The first-order chi connectivity index (χ1) is 7.06. The highest BCUT2D eigenvalue weighted by Crippen LogP contribution is 2.26. The minimum Gasteiger partial charge on any atom is -0.469 e. The fourth-order valence-corrected chi connectivity index (χ4v) is 1.71. The van der Waals surface area contributed by atoms with E-state index in [4.69, 9.17) is 4.74 Å². The van der Waals surface area contributed by atoms with Crippen LogP contribution < -0.4 is 0 Å². The van der Waals surface area contributed by atoms with E-state index in [1.54, 1.807) is 0 Å². The molecular weight excluding hydrogens is 256 g/mol. The fraction of sp³-hybridized carbons (Fsp3) is 0.417. The summed E-state index contributed by atoms with van der Waals surface area (Å²) in [6.07, 6.45) is 0. The first-order valence-corrected chi connectivity index (χ1v) is 5.69. The van der Waals surface area contributed by atoms with Gasteiger partial charge in [-0.3, -0.25) is 4.79 Å². The number of halogens is 1. The molecule has 1 rings (SSSR count). The first kappa shape index (κ1) is 12.2. The molecule has 0 fully saturated rings. The number of benzene rings is 1. The van der Waals surface area contributed by atoms with Gasteiger partial charge in [0.05, 0.1) is 13.0 Å². The standard InChI is InChI=1S/C12H15BrO2/c1-8(9(2)12(14)15-3)10-4-6-11(13)7-5-10/h4-9H,1-3H3/t8?,9-/m0/s1. The van der Waals surface area contributed by atoms with Gasteiger partial charge in [0, 0.05) is 4.47 Å². The third-order valence-corrected chi connectivity index (χ3v) is 3.25. The minimum absolute atomic E-state index is 0.115. The summed E-state index contributed by atoms with van der Waals surface area (Å²) in [4.78, 5) is 11.4. The van der Waals surface area contributed by atoms with E-state index in [2.05, 4.69) is 15.9 Å². The Bertz CT molecular complexity index is 332. The van der Waals surface area contributed by atoms with Crippen LogP contribution in [0.25, 0.3) is 0 Å². The molecule has 0 saturated carbocycles. The molecule has 2 nitrogen and oxygen atoms in total. The van der Waals surface area contributed by atoms with E-state index in [1.165, 1.54) is 7.11 Å². The van der Waals surface area contributed by atoms with Crippen molar-refractivity contribution in [2.24, 2.45) is 5.92 Å². The van der Waals surface area contributed by atoms with Crippen LogP contribution in [0.4, 0.5) is 0 Å². The normalized spacial score (nSPS) is 14.4. The van der Waals surface area contributed by atoms with Crippen molar-refractivity contribution in [3.63, 3.8) is 0 Å². The summed E-state index contributed by atoms with van der Waals surface area (Å²) in [5, 5.41) is 0. The second-order valence-electron chi connectivity index (χ2n) is 3.65. The number of carbonyl (C=O) groups is 1. The molecular formula is C12H15BrO2. The third-order valence-electron chi connectivity index (χ3n) is 2.72. The molecule has 82 valence electrons. The molecule has 15 heavy (non-hydrogen) atoms. The number of carbonyl (C=O) groups excluding carboxylic acids is 1. The van der Waals surface area contributed by atoms with Gasteiger partial charge in [0.1, 0.15) is 0 Å². The van der Waals surface area contributed by atoms with Crippen molar-refractivity contribution in [3.05, 3.63) is 34.3 Å². The molecule has 0 aliphatic rings. The van der Waals surface area contributed by atoms with E-state index in [0.717, 1.165) is 10.0 Å². The monoisotopic (exact) mass is 270 g/mol. The second-order valence-corrected chi connectivity index (χ2v) is 4.57. The van der Waals surface area contributed by atoms with E-state index < -0.39 is 0 Å². The van der Waals surface area contributed by atoms with E-state index in [9.17, 15) is 4.79 Å². The van der Waals surface area contributed by atoms with Crippen LogP contribution in [0.1, 0.15) is 25.3 Å². The van der Waals surface area contributed by atoms with Gasteiger partial charge in [0.2, 0.25) is 0 Å². The highest BCUT2D eigenvalue weighted by atomic mass is 79.9. The van der Waals surface area contributed by atoms with Gasteiger partial charge in [-0.1, -0.05) is 41.9 Å². The van der Waals surface area contributed by atoms with Crippen molar-refractivity contribution in [1.82, 2.24) is 0 Å². The van der Waals surface area contributed by atoms with Crippen LogP contribution >= 0.6 is 15.9 Å². The number of hydrogen-bond donors (Lipinski definition) is 0. The summed E-state index contributed by atoms with van der Waals surface area (Å²) >= 11 is 3.38. The van der Waals surface area contributed by atoms with Crippen molar-refractivity contribution >= 4 is 21.9 Å². The topological polar surface area (TPSA) is 26.3 Å². The zero-order valence-electron chi connectivity index (χ0n) is 9.16. The van der Waals surface area contributed by atoms with E-state index in [1.807, 2.05) is 38.1 Å². The maximum Gasteiger partial charge on any atom is 0.308 e. The van der Waals surface area contributed by atoms with E-state index in [-0.39, 0.29) is 17.8 Å². The first-order valence-electron chi connectivity index (χ1n) is 4.89. The van der Waals surface area contributed by atoms with Crippen molar-refractivity contribution in [2.45, 2.75) is 19.8 Å². The average Bonchev–Trinajstić information content (AvgIpc) is 2.27. The molecule has 1 unspecified atom stereocenters. The molecule has 0 bridgehead atoms. The van der Waals surface area contributed by atoms with Gasteiger partial charge in [0.15, 0.2) is 0 Å². The molecule has 2 atom stereocenters. The molecule has 0 aliphatic heterocycles. The van der Waals surface area contributed by atoms with Crippen LogP contribution in [0.5, 0.6) is 0 Å². The summed E-state index contributed by atoms with van der Waals surface area (Å²) in [6, 6.07) is 8.01. The Morgan fingerprint density at radius 1 is 1.27 bits per heavy atom. The summed E-state index contributed by atoms with van der Waals surface area (Å²) < 4.78 is 5.78. The Morgan fingerprint density at radius 3 is 2.27 bits per heavy atom. The maximum absolute atomic E-state index is 11.4. The van der Waals surface area contributed by atoms with Gasteiger partial charge in [-0.05, 0) is 23.6 Å². The zero-order chi connectivity index (χ0) is 11.4. The SMILES string of the molecule is COC(=O)[C@@H](C)C(C)c1ccc(Br)cc1. The summed E-state index contributed by atoms with van der Waals surface area (Å²) in [6.45, 7) is 3.92. The predicted molar refractivity (Wildman–Crippen MR) is 63.7 cm³/mol.